The molecule has 24 heavy (non-hydrogen) atoms. The van der Waals surface area contributed by atoms with Crippen molar-refractivity contribution in [3.8, 4) is 0 Å². The fraction of sp³-hybridized carbons (Fsp3) is 0.471. The molecule has 0 unspecified atom stereocenters. The van der Waals surface area contributed by atoms with Gasteiger partial charge < -0.3 is 5.32 Å². The molecule has 0 aliphatic rings. The zero-order valence-corrected chi connectivity index (χ0v) is 15.9. The van der Waals surface area contributed by atoms with Gasteiger partial charge in [-0.15, -0.1) is 17.9 Å². The smallest absolute Gasteiger partial charge is 0.263 e. The summed E-state index contributed by atoms with van der Waals surface area (Å²) in [6.07, 6.45) is 3.43. The minimum atomic E-state index is -0.0688. The Morgan fingerprint density at radius 2 is 2.29 bits per heavy atom. The molecule has 130 valence electrons. The van der Waals surface area contributed by atoms with E-state index in [-0.39, 0.29) is 23.3 Å². The number of fused-ring (bicyclic) bond motifs is 1. The minimum absolute atomic E-state index is 0.0470. The molecule has 2 aromatic heterocycles. The second-order valence-corrected chi connectivity index (χ2v) is 7.61. The zero-order chi connectivity index (χ0) is 17.7. The number of nitrogens with zero attached hydrogens (tertiary/aromatic N) is 2. The summed E-state index contributed by atoms with van der Waals surface area (Å²) in [5.41, 5.74) is -0.0688. The molecule has 0 radical (unpaired) electrons. The van der Waals surface area contributed by atoms with Crippen LogP contribution in [0.25, 0.3) is 10.2 Å². The van der Waals surface area contributed by atoms with E-state index in [0.717, 1.165) is 22.5 Å². The van der Waals surface area contributed by atoms with Crippen molar-refractivity contribution in [1.29, 1.82) is 0 Å². The zero-order valence-electron chi connectivity index (χ0n) is 14.3. The number of carbonyl (C=O) groups excluding carboxylic acids is 1. The maximum absolute atomic E-state index is 12.7. The molecule has 0 aliphatic carbocycles. The van der Waals surface area contributed by atoms with E-state index in [1.165, 1.54) is 23.1 Å². The second-order valence-electron chi connectivity index (χ2n) is 5.55. The Bertz CT molecular complexity index is 795. The van der Waals surface area contributed by atoms with Crippen LogP contribution in [0, 0.1) is 0 Å². The molecule has 0 saturated heterocycles. The summed E-state index contributed by atoms with van der Waals surface area (Å²) < 4.78 is 1.59. The van der Waals surface area contributed by atoms with Gasteiger partial charge in [-0.05, 0) is 25.8 Å². The molecule has 0 aromatic carbocycles. The second kappa shape index (κ2) is 8.48. The van der Waals surface area contributed by atoms with Gasteiger partial charge in [-0.1, -0.05) is 31.7 Å². The Morgan fingerprint density at radius 3 is 2.92 bits per heavy atom. The lowest BCUT2D eigenvalue weighted by molar-refractivity contribution is -0.119. The van der Waals surface area contributed by atoms with Gasteiger partial charge in [0.05, 0.1) is 11.1 Å². The van der Waals surface area contributed by atoms with Gasteiger partial charge in [0.15, 0.2) is 5.16 Å². The van der Waals surface area contributed by atoms with Crippen molar-refractivity contribution in [3.05, 3.63) is 34.0 Å². The van der Waals surface area contributed by atoms with E-state index in [2.05, 4.69) is 23.8 Å². The van der Waals surface area contributed by atoms with Crippen molar-refractivity contribution in [3.63, 3.8) is 0 Å². The normalized spacial score (nSPS) is 12.3. The summed E-state index contributed by atoms with van der Waals surface area (Å²) in [6.45, 7) is 10.1. The fourth-order valence-corrected chi connectivity index (χ4v) is 4.00. The molecule has 0 saturated carbocycles. The molecule has 5 nitrogen and oxygen atoms in total. The van der Waals surface area contributed by atoms with Crippen LogP contribution in [-0.2, 0) is 17.8 Å². The molecular weight excluding hydrogens is 342 g/mol. The van der Waals surface area contributed by atoms with Crippen LogP contribution in [0.5, 0.6) is 0 Å². The van der Waals surface area contributed by atoms with Crippen LogP contribution in [0.1, 0.15) is 32.1 Å². The first-order chi connectivity index (χ1) is 11.5. The lowest BCUT2D eigenvalue weighted by Crippen LogP contribution is -2.33. The highest BCUT2D eigenvalue weighted by Crippen LogP contribution is 2.25. The van der Waals surface area contributed by atoms with E-state index < -0.39 is 0 Å². The summed E-state index contributed by atoms with van der Waals surface area (Å²) in [6, 6.07) is 2.06. The number of aryl methyl sites for hydroxylation is 1. The van der Waals surface area contributed by atoms with Gasteiger partial charge in [0.1, 0.15) is 4.83 Å². The molecule has 1 amide bonds. The third-order valence-corrected chi connectivity index (χ3v) is 5.83. The van der Waals surface area contributed by atoms with Gasteiger partial charge in [-0.25, -0.2) is 4.98 Å². The Hall–Kier alpha value is -1.60. The molecule has 2 rings (SSSR count). The van der Waals surface area contributed by atoms with E-state index >= 15 is 0 Å². The van der Waals surface area contributed by atoms with Crippen molar-refractivity contribution in [1.82, 2.24) is 14.9 Å². The summed E-state index contributed by atoms with van der Waals surface area (Å²) in [5, 5.41) is 4.14. The monoisotopic (exact) mass is 365 g/mol. The standard InChI is InChI=1S/C17H23N3O2S2/c1-5-8-20-16(22)13-9-12(7-3)24-15(13)19-17(20)23-10-14(21)18-11(4)6-2/h5,9,11H,1,6-8,10H2,2-4H3,(H,18,21)/t11-/m1/s1. The average Bonchev–Trinajstić information content (AvgIpc) is 2.99. The number of amides is 1. The number of hydrogen-bond donors (Lipinski definition) is 1. The summed E-state index contributed by atoms with van der Waals surface area (Å²) in [5.74, 6) is 0.195. The van der Waals surface area contributed by atoms with Crippen LogP contribution < -0.4 is 10.9 Å². The topological polar surface area (TPSA) is 64.0 Å². The highest BCUT2D eigenvalue weighted by atomic mass is 32.2. The number of hydrogen-bond acceptors (Lipinski definition) is 5. The molecule has 2 aromatic rings. The van der Waals surface area contributed by atoms with Crippen molar-refractivity contribution < 1.29 is 4.79 Å². The van der Waals surface area contributed by atoms with E-state index in [4.69, 9.17) is 0 Å². The molecule has 2 heterocycles. The van der Waals surface area contributed by atoms with Gasteiger partial charge in [0.2, 0.25) is 5.91 Å². The maximum Gasteiger partial charge on any atom is 0.263 e. The number of aromatic nitrogens is 2. The van der Waals surface area contributed by atoms with Crippen LogP contribution in [0.4, 0.5) is 0 Å². The van der Waals surface area contributed by atoms with E-state index in [1.807, 2.05) is 19.9 Å². The van der Waals surface area contributed by atoms with Crippen LogP contribution in [0.15, 0.2) is 28.7 Å². The first kappa shape index (κ1) is 18.7. The summed E-state index contributed by atoms with van der Waals surface area (Å²) in [4.78, 5) is 31.2. The molecule has 7 heteroatoms. The summed E-state index contributed by atoms with van der Waals surface area (Å²) >= 11 is 2.83. The fourth-order valence-electron chi connectivity index (χ4n) is 2.17. The Kier molecular flexibility index (Phi) is 6.62. The van der Waals surface area contributed by atoms with Crippen molar-refractivity contribution in [2.75, 3.05) is 5.75 Å². The van der Waals surface area contributed by atoms with Gasteiger partial charge in [0, 0.05) is 17.5 Å². The van der Waals surface area contributed by atoms with Crippen LogP contribution in [0.3, 0.4) is 0 Å². The first-order valence-electron chi connectivity index (χ1n) is 8.06. The lowest BCUT2D eigenvalue weighted by Gasteiger charge is -2.12. The number of allylic oxidation sites excluding steroid dienone is 1. The number of nitrogens with one attached hydrogen (secondary N) is 1. The SMILES string of the molecule is C=CCn1c(SCC(=O)N[C@H](C)CC)nc2sc(CC)cc2c1=O. The number of thiophene rings is 1. The van der Waals surface area contributed by atoms with Gasteiger partial charge in [-0.3, -0.25) is 14.2 Å². The lowest BCUT2D eigenvalue weighted by atomic mass is 10.3. The molecular formula is C17H23N3O2S2. The predicted molar refractivity (Wildman–Crippen MR) is 102 cm³/mol. The summed E-state index contributed by atoms with van der Waals surface area (Å²) in [7, 11) is 0. The quantitative estimate of drug-likeness (QED) is 0.443. The van der Waals surface area contributed by atoms with E-state index in [1.54, 1.807) is 10.6 Å². The average molecular weight is 366 g/mol. The number of rotatable bonds is 8. The predicted octanol–water partition coefficient (Wildman–Crippen LogP) is 3.21. The third kappa shape index (κ3) is 4.27. The van der Waals surface area contributed by atoms with Gasteiger partial charge in [-0.2, -0.15) is 0 Å². The number of thioether (sulfide) groups is 1. The number of carbonyl (C=O) groups is 1. The van der Waals surface area contributed by atoms with Gasteiger partial charge >= 0.3 is 0 Å². The Balaban J connectivity index is 2.30. The van der Waals surface area contributed by atoms with Crippen molar-refractivity contribution in [2.45, 2.75) is 51.4 Å². The highest BCUT2D eigenvalue weighted by Gasteiger charge is 2.15. The van der Waals surface area contributed by atoms with E-state index in [0.29, 0.717) is 17.1 Å². The van der Waals surface area contributed by atoms with Crippen LogP contribution in [-0.4, -0.2) is 27.3 Å². The van der Waals surface area contributed by atoms with Gasteiger partial charge in [0.25, 0.3) is 5.56 Å². The Labute approximate surface area is 150 Å². The third-order valence-electron chi connectivity index (χ3n) is 3.68. The maximum atomic E-state index is 12.7. The molecule has 1 atom stereocenters. The van der Waals surface area contributed by atoms with E-state index in [9.17, 15) is 9.59 Å². The van der Waals surface area contributed by atoms with Crippen LogP contribution in [0.2, 0.25) is 0 Å². The molecule has 0 aliphatic heterocycles. The molecule has 0 fully saturated rings. The largest absolute Gasteiger partial charge is 0.353 e. The molecule has 0 bridgehead atoms. The Morgan fingerprint density at radius 1 is 1.54 bits per heavy atom. The minimum Gasteiger partial charge on any atom is -0.353 e. The highest BCUT2D eigenvalue weighted by molar-refractivity contribution is 7.99. The van der Waals surface area contributed by atoms with Crippen molar-refractivity contribution >= 4 is 39.2 Å². The first-order valence-corrected chi connectivity index (χ1v) is 9.86. The van der Waals surface area contributed by atoms with Crippen LogP contribution >= 0.6 is 23.1 Å². The molecule has 1 N–H and O–H groups in total. The van der Waals surface area contributed by atoms with Crippen molar-refractivity contribution in [2.24, 2.45) is 0 Å². The molecule has 0 spiro atoms.